The number of carbonyl (C=O) groups excluding carboxylic acids is 2. The Bertz CT molecular complexity index is 1250. The molecule has 32 heavy (non-hydrogen) atoms. The van der Waals surface area contributed by atoms with Gasteiger partial charge in [-0.1, -0.05) is 60.3 Å². The van der Waals surface area contributed by atoms with E-state index in [1.54, 1.807) is 0 Å². The molecule has 4 rings (SSSR count). The third-order valence-electron chi connectivity index (χ3n) is 5.02. The van der Waals surface area contributed by atoms with Crippen LogP contribution in [0.3, 0.4) is 0 Å². The molecule has 0 fully saturated rings. The highest BCUT2D eigenvalue weighted by atomic mass is 32.2. The maximum atomic E-state index is 12.6. The summed E-state index contributed by atoms with van der Waals surface area (Å²) in [7, 11) is 0. The van der Waals surface area contributed by atoms with E-state index in [-0.39, 0.29) is 17.9 Å². The number of fused-ring (bicyclic) bond motifs is 1. The van der Waals surface area contributed by atoms with Gasteiger partial charge in [-0.15, -0.1) is 11.3 Å². The average molecular weight is 462 g/mol. The van der Waals surface area contributed by atoms with Crippen molar-refractivity contribution in [3.05, 3.63) is 89.5 Å². The Hall–Kier alpha value is -3.16. The van der Waals surface area contributed by atoms with E-state index in [1.807, 2.05) is 86.6 Å². The maximum Gasteiger partial charge on any atom is 0.255 e. The van der Waals surface area contributed by atoms with Gasteiger partial charge in [0.25, 0.3) is 5.91 Å². The predicted molar refractivity (Wildman–Crippen MR) is 132 cm³/mol. The number of rotatable bonds is 7. The summed E-state index contributed by atoms with van der Waals surface area (Å²) in [5.41, 5.74) is 4.24. The van der Waals surface area contributed by atoms with Gasteiger partial charge in [0, 0.05) is 11.3 Å². The second kappa shape index (κ2) is 9.97. The van der Waals surface area contributed by atoms with Gasteiger partial charge in [-0.3, -0.25) is 9.59 Å². The smallest absolute Gasteiger partial charge is 0.255 e. The van der Waals surface area contributed by atoms with E-state index in [0.29, 0.717) is 11.3 Å². The first kappa shape index (κ1) is 22.0. The molecule has 5 nitrogen and oxygen atoms in total. The number of hydrogen-bond acceptors (Lipinski definition) is 5. The molecular formula is C25H23N3O2S2. The summed E-state index contributed by atoms with van der Waals surface area (Å²) < 4.78 is 1.79. The normalized spacial score (nSPS) is 11.8. The van der Waals surface area contributed by atoms with Gasteiger partial charge in [0.1, 0.15) is 0 Å². The Morgan fingerprint density at radius 3 is 2.56 bits per heavy atom. The molecule has 0 saturated carbocycles. The van der Waals surface area contributed by atoms with Crippen molar-refractivity contribution in [2.45, 2.75) is 24.2 Å². The number of thioether (sulfide) groups is 1. The van der Waals surface area contributed by atoms with Gasteiger partial charge in [0.15, 0.2) is 4.34 Å². The summed E-state index contributed by atoms with van der Waals surface area (Å²) in [5.74, 6) is 0.135. The van der Waals surface area contributed by atoms with E-state index in [2.05, 4.69) is 15.6 Å². The van der Waals surface area contributed by atoms with Crippen molar-refractivity contribution in [3.8, 4) is 0 Å². The van der Waals surface area contributed by atoms with Crippen molar-refractivity contribution in [2.75, 3.05) is 11.1 Å². The van der Waals surface area contributed by atoms with Crippen molar-refractivity contribution in [1.29, 1.82) is 0 Å². The van der Waals surface area contributed by atoms with Crippen LogP contribution in [0, 0.1) is 6.92 Å². The summed E-state index contributed by atoms with van der Waals surface area (Å²) in [6.45, 7) is 3.89. The molecule has 0 aliphatic rings. The number of benzene rings is 3. The molecule has 1 aromatic heterocycles. The monoisotopic (exact) mass is 461 g/mol. The average Bonchev–Trinajstić information content (AvgIpc) is 3.21. The van der Waals surface area contributed by atoms with Gasteiger partial charge >= 0.3 is 0 Å². The molecule has 0 aliphatic heterocycles. The van der Waals surface area contributed by atoms with E-state index in [1.165, 1.54) is 23.1 Å². The standard InChI is InChI=1S/C25H23N3O2S2/c1-16-8-6-7-11-20(16)24(30)27-19-12-13-21-22(14-19)32-25(28-21)31-15-23(29)26-17(2)18-9-4-3-5-10-18/h3-14,17H,15H2,1-2H3,(H,26,29)(H,27,30)/t17-/m1/s1. The Morgan fingerprint density at radius 1 is 1.03 bits per heavy atom. The van der Waals surface area contributed by atoms with Gasteiger partial charge in [-0.25, -0.2) is 4.98 Å². The number of carbonyl (C=O) groups is 2. The quantitative estimate of drug-likeness (QED) is 0.340. The molecule has 2 amide bonds. The van der Waals surface area contributed by atoms with Crippen LogP contribution in [0.4, 0.5) is 5.69 Å². The second-order valence-corrected chi connectivity index (χ2v) is 9.67. The number of thiazole rings is 1. The molecule has 0 aliphatic carbocycles. The lowest BCUT2D eigenvalue weighted by atomic mass is 10.1. The SMILES string of the molecule is Cc1ccccc1C(=O)Nc1ccc2nc(SCC(=O)N[C@H](C)c3ccccc3)sc2c1. The van der Waals surface area contributed by atoms with Crippen LogP contribution in [0.15, 0.2) is 77.1 Å². The van der Waals surface area contributed by atoms with Crippen LogP contribution in [0.5, 0.6) is 0 Å². The van der Waals surface area contributed by atoms with Crippen LogP contribution < -0.4 is 10.6 Å². The van der Waals surface area contributed by atoms with E-state index in [4.69, 9.17) is 0 Å². The first-order valence-corrected chi connectivity index (χ1v) is 12.0. The van der Waals surface area contributed by atoms with Crippen molar-refractivity contribution < 1.29 is 9.59 Å². The summed E-state index contributed by atoms with van der Waals surface area (Å²) >= 11 is 2.93. The number of amides is 2. The molecule has 0 saturated heterocycles. The Morgan fingerprint density at radius 2 is 1.78 bits per heavy atom. The number of aromatic nitrogens is 1. The number of nitrogens with zero attached hydrogens (tertiary/aromatic N) is 1. The fourth-order valence-electron chi connectivity index (χ4n) is 3.30. The van der Waals surface area contributed by atoms with Crippen LogP contribution in [-0.2, 0) is 4.79 Å². The molecule has 1 heterocycles. The highest BCUT2D eigenvalue weighted by Gasteiger charge is 2.13. The third-order valence-corrected chi connectivity index (χ3v) is 7.18. The third kappa shape index (κ3) is 5.36. The largest absolute Gasteiger partial charge is 0.349 e. The lowest BCUT2D eigenvalue weighted by Crippen LogP contribution is -2.28. The Balaban J connectivity index is 1.37. The predicted octanol–water partition coefficient (Wildman–Crippen LogP) is 5.83. The molecule has 7 heteroatoms. The fraction of sp³-hybridized carbons (Fsp3) is 0.160. The minimum Gasteiger partial charge on any atom is -0.349 e. The minimum atomic E-state index is -0.134. The van der Waals surface area contributed by atoms with Gasteiger partial charge in [-0.2, -0.15) is 0 Å². The van der Waals surface area contributed by atoms with Crippen LogP contribution in [-0.4, -0.2) is 22.6 Å². The van der Waals surface area contributed by atoms with Gasteiger partial charge in [-0.05, 0) is 49.2 Å². The molecule has 4 aromatic rings. The molecule has 2 N–H and O–H groups in total. The van der Waals surface area contributed by atoms with Gasteiger partial charge < -0.3 is 10.6 Å². The van der Waals surface area contributed by atoms with Crippen LogP contribution in [0.2, 0.25) is 0 Å². The Kier molecular flexibility index (Phi) is 6.87. The fourth-order valence-corrected chi connectivity index (χ4v) is 5.22. The summed E-state index contributed by atoms with van der Waals surface area (Å²) in [5, 5.41) is 5.98. The van der Waals surface area contributed by atoms with Gasteiger partial charge in [0.05, 0.1) is 22.0 Å². The Labute approximate surface area is 195 Å². The van der Waals surface area contributed by atoms with E-state index in [0.717, 1.165) is 31.4 Å². The van der Waals surface area contributed by atoms with Crippen molar-refractivity contribution in [2.24, 2.45) is 0 Å². The first-order valence-electron chi connectivity index (χ1n) is 10.2. The highest BCUT2D eigenvalue weighted by molar-refractivity contribution is 8.01. The van der Waals surface area contributed by atoms with Crippen LogP contribution in [0.1, 0.15) is 34.5 Å². The topological polar surface area (TPSA) is 71.1 Å². The summed E-state index contributed by atoms with van der Waals surface area (Å²) in [6.07, 6.45) is 0. The number of nitrogens with one attached hydrogen (secondary N) is 2. The van der Waals surface area contributed by atoms with E-state index in [9.17, 15) is 9.59 Å². The lowest BCUT2D eigenvalue weighted by Gasteiger charge is -2.13. The highest BCUT2D eigenvalue weighted by Crippen LogP contribution is 2.31. The van der Waals surface area contributed by atoms with Gasteiger partial charge in [0.2, 0.25) is 5.91 Å². The molecule has 0 radical (unpaired) electrons. The van der Waals surface area contributed by atoms with Crippen LogP contribution >= 0.6 is 23.1 Å². The molecule has 0 unspecified atom stereocenters. The first-order chi connectivity index (χ1) is 15.5. The summed E-state index contributed by atoms with van der Waals surface area (Å²) in [6, 6.07) is 23.0. The zero-order valence-corrected chi connectivity index (χ0v) is 19.4. The van der Waals surface area contributed by atoms with E-state index < -0.39 is 0 Å². The van der Waals surface area contributed by atoms with E-state index >= 15 is 0 Å². The number of aryl methyl sites for hydroxylation is 1. The minimum absolute atomic E-state index is 0.0307. The molecule has 162 valence electrons. The van der Waals surface area contributed by atoms with Crippen molar-refractivity contribution in [3.63, 3.8) is 0 Å². The zero-order valence-electron chi connectivity index (χ0n) is 17.8. The lowest BCUT2D eigenvalue weighted by molar-refractivity contribution is -0.119. The molecule has 0 bridgehead atoms. The van der Waals surface area contributed by atoms with Crippen LogP contribution in [0.25, 0.3) is 10.2 Å². The molecular weight excluding hydrogens is 438 g/mol. The number of hydrogen-bond donors (Lipinski definition) is 2. The second-order valence-electron chi connectivity index (χ2n) is 7.42. The molecule has 1 atom stereocenters. The molecule has 3 aromatic carbocycles. The zero-order chi connectivity index (χ0) is 22.5. The number of anilines is 1. The van der Waals surface area contributed by atoms with Crippen molar-refractivity contribution >= 4 is 50.8 Å². The van der Waals surface area contributed by atoms with Crippen molar-refractivity contribution in [1.82, 2.24) is 10.3 Å². The molecule has 0 spiro atoms. The summed E-state index contributed by atoms with van der Waals surface area (Å²) in [4.78, 5) is 29.5. The maximum absolute atomic E-state index is 12.6.